The lowest BCUT2D eigenvalue weighted by Crippen LogP contribution is -2.36. The van der Waals surface area contributed by atoms with Gasteiger partial charge < -0.3 is 11.1 Å². The zero-order chi connectivity index (χ0) is 15.5. The van der Waals surface area contributed by atoms with E-state index in [1.165, 1.54) is 28.6 Å². The Morgan fingerprint density at radius 1 is 1.50 bits per heavy atom. The lowest BCUT2D eigenvalue weighted by molar-refractivity contribution is 0.0939. The quantitative estimate of drug-likeness (QED) is 0.878. The van der Waals surface area contributed by atoms with E-state index in [0.29, 0.717) is 17.9 Å². The predicted octanol–water partition coefficient (Wildman–Crippen LogP) is 1.63. The lowest BCUT2D eigenvalue weighted by atomic mass is 10.2. The zero-order valence-electron chi connectivity index (χ0n) is 12.7. The number of amides is 1. The molecule has 0 bridgehead atoms. The molecule has 0 spiro atoms. The van der Waals surface area contributed by atoms with Gasteiger partial charge in [-0.2, -0.15) is 5.10 Å². The molecule has 1 saturated heterocycles. The zero-order valence-corrected chi connectivity index (χ0v) is 13.5. The normalized spacial score (nSPS) is 16.8. The van der Waals surface area contributed by atoms with Gasteiger partial charge in [0.1, 0.15) is 11.4 Å². The van der Waals surface area contributed by atoms with E-state index < -0.39 is 0 Å². The molecule has 0 radical (unpaired) electrons. The number of hydrogen-bond acceptors (Lipinski definition) is 5. The number of carbonyl (C=O) groups is 1. The van der Waals surface area contributed by atoms with Gasteiger partial charge in [-0.3, -0.25) is 14.4 Å². The third-order valence-corrected chi connectivity index (χ3v) is 5.11. The molecular formula is C15H21N5OS. The maximum atomic E-state index is 12.3. The number of nitrogens with two attached hydrogens (primary N) is 1. The molecule has 3 rings (SSSR count). The summed E-state index contributed by atoms with van der Waals surface area (Å²) in [5, 5.41) is 9.11. The molecule has 0 aliphatic carbocycles. The van der Waals surface area contributed by atoms with Gasteiger partial charge in [-0.15, -0.1) is 11.3 Å². The number of nitrogens with zero attached hydrogens (tertiary/aromatic N) is 3. The molecule has 3 heterocycles. The van der Waals surface area contributed by atoms with Crippen molar-refractivity contribution in [1.82, 2.24) is 20.0 Å². The van der Waals surface area contributed by atoms with Crippen LogP contribution in [0.15, 0.2) is 23.7 Å². The smallest absolute Gasteiger partial charge is 0.256 e. The number of likely N-dealkylation sites (tertiary alicyclic amines) is 1. The van der Waals surface area contributed by atoms with Crippen molar-refractivity contribution in [3.05, 3.63) is 34.2 Å². The van der Waals surface area contributed by atoms with Gasteiger partial charge >= 0.3 is 0 Å². The van der Waals surface area contributed by atoms with Crippen molar-refractivity contribution in [3.63, 3.8) is 0 Å². The third kappa shape index (κ3) is 3.00. The van der Waals surface area contributed by atoms with E-state index in [4.69, 9.17) is 5.73 Å². The monoisotopic (exact) mass is 319 g/mol. The van der Waals surface area contributed by atoms with Crippen LogP contribution in [0.25, 0.3) is 0 Å². The van der Waals surface area contributed by atoms with Gasteiger partial charge in [0.2, 0.25) is 0 Å². The number of nitrogen functional groups attached to an aromatic ring is 1. The van der Waals surface area contributed by atoms with Gasteiger partial charge in [0.05, 0.1) is 12.2 Å². The molecule has 1 fully saturated rings. The number of hydrogen-bond donors (Lipinski definition) is 2. The van der Waals surface area contributed by atoms with Crippen LogP contribution >= 0.6 is 11.3 Å². The van der Waals surface area contributed by atoms with Crippen LogP contribution in [0.1, 0.15) is 34.1 Å². The molecule has 0 saturated carbocycles. The SMILES string of the molecule is Cn1ncc(C(=O)NCC(c2cccs2)N2CCCC2)c1N. The predicted molar refractivity (Wildman–Crippen MR) is 87.8 cm³/mol. The Bertz CT molecular complexity index is 630. The van der Waals surface area contributed by atoms with Crippen molar-refractivity contribution in [2.75, 3.05) is 25.4 Å². The Labute approximate surface area is 133 Å². The Balaban J connectivity index is 1.69. The van der Waals surface area contributed by atoms with Crippen LogP contribution in [0.4, 0.5) is 5.82 Å². The second-order valence-corrected chi connectivity index (χ2v) is 6.53. The van der Waals surface area contributed by atoms with Crippen LogP contribution in [0.2, 0.25) is 0 Å². The van der Waals surface area contributed by atoms with Crippen molar-refractivity contribution in [1.29, 1.82) is 0 Å². The molecule has 6 nitrogen and oxygen atoms in total. The minimum absolute atomic E-state index is 0.161. The number of thiophene rings is 1. The van der Waals surface area contributed by atoms with E-state index in [1.54, 1.807) is 18.4 Å². The van der Waals surface area contributed by atoms with Crippen molar-refractivity contribution < 1.29 is 4.79 Å². The first-order valence-corrected chi connectivity index (χ1v) is 8.38. The molecular weight excluding hydrogens is 298 g/mol. The number of rotatable bonds is 5. The fourth-order valence-corrected chi connectivity index (χ4v) is 3.71. The van der Waals surface area contributed by atoms with Crippen molar-refractivity contribution in [2.24, 2.45) is 7.05 Å². The molecule has 1 aliphatic rings. The van der Waals surface area contributed by atoms with E-state index in [0.717, 1.165) is 13.1 Å². The largest absolute Gasteiger partial charge is 0.383 e. The third-order valence-electron chi connectivity index (χ3n) is 4.14. The summed E-state index contributed by atoms with van der Waals surface area (Å²) in [6, 6.07) is 4.44. The molecule has 2 aromatic rings. The maximum absolute atomic E-state index is 12.3. The Morgan fingerprint density at radius 3 is 2.86 bits per heavy atom. The highest BCUT2D eigenvalue weighted by Gasteiger charge is 2.25. The minimum Gasteiger partial charge on any atom is -0.383 e. The molecule has 1 unspecified atom stereocenters. The van der Waals surface area contributed by atoms with Crippen LogP contribution in [0, 0.1) is 0 Å². The molecule has 1 atom stereocenters. The number of aromatic nitrogens is 2. The number of nitrogens with one attached hydrogen (secondary N) is 1. The fourth-order valence-electron chi connectivity index (χ4n) is 2.85. The summed E-state index contributed by atoms with van der Waals surface area (Å²) in [7, 11) is 1.73. The first-order valence-electron chi connectivity index (χ1n) is 7.50. The van der Waals surface area contributed by atoms with Gasteiger partial charge in [0.15, 0.2) is 0 Å². The average Bonchev–Trinajstić information content (AvgIpc) is 3.24. The summed E-state index contributed by atoms with van der Waals surface area (Å²) in [6.45, 7) is 2.77. The second-order valence-electron chi connectivity index (χ2n) is 5.55. The maximum Gasteiger partial charge on any atom is 0.256 e. The Hall–Kier alpha value is -1.86. The summed E-state index contributed by atoms with van der Waals surface area (Å²) in [4.78, 5) is 16.0. The summed E-state index contributed by atoms with van der Waals surface area (Å²) in [6.07, 6.45) is 3.97. The highest BCUT2D eigenvalue weighted by Crippen LogP contribution is 2.28. The average molecular weight is 319 g/mol. The molecule has 1 aliphatic heterocycles. The van der Waals surface area contributed by atoms with Crippen LogP contribution in [0.5, 0.6) is 0 Å². The van der Waals surface area contributed by atoms with Gasteiger partial charge in [-0.25, -0.2) is 0 Å². The molecule has 3 N–H and O–H groups in total. The summed E-state index contributed by atoms with van der Waals surface area (Å²) >= 11 is 1.74. The topological polar surface area (TPSA) is 76.2 Å². The van der Waals surface area contributed by atoms with Crippen LogP contribution in [-0.4, -0.2) is 40.2 Å². The van der Waals surface area contributed by atoms with E-state index >= 15 is 0 Å². The molecule has 22 heavy (non-hydrogen) atoms. The molecule has 7 heteroatoms. The second kappa shape index (κ2) is 6.50. The van der Waals surface area contributed by atoms with Crippen molar-refractivity contribution in [2.45, 2.75) is 18.9 Å². The highest BCUT2D eigenvalue weighted by atomic mass is 32.1. The molecule has 118 valence electrons. The van der Waals surface area contributed by atoms with E-state index in [1.807, 2.05) is 0 Å². The van der Waals surface area contributed by atoms with Crippen LogP contribution in [-0.2, 0) is 7.05 Å². The highest BCUT2D eigenvalue weighted by molar-refractivity contribution is 7.10. The van der Waals surface area contributed by atoms with Gasteiger partial charge in [0.25, 0.3) is 5.91 Å². The number of aryl methyl sites for hydroxylation is 1. The van der Waals surface area contributed by atoms with E-state index in [2.05, 4.69) is 32.8 Å². The standard InChI is InChI=1S/C15H21N5OS/c1-19-14(16)11(9-18-19)15(21)17-10-12(13-5-4-8-22-13)20-6-2-3-7-20/h4-5,8-9,12H,2-3,6-7,10,16H2,1H3,(H,17,21). The Morgan fingerprint density at radius 2 is 2.27 bits per heavy atom. The fraction of sp³-hybridized carbons (Fsp3) is 0.467. The van der Waals surface area contributed by atoms with Gasteiger partial charge in [-0.1, -0.05) is 6.07 Å². The Kier molecular flexibility index (Phi) is 4.44. The minimum atomic E-state index is -0.161. The van der Waals surface area contributed by atoms with Gasteiger partial charge in [-0.05, 0) is 37.4 Å². The number of anilines is 1. The van der Waals surface area contributed by atoms with Crippen molar-refractivity contribution in [3.8, 4) is 0 Å². The lowest BCUT2D eigenvalue weighted by Gasteiger charge is -2.26. The van der Waals surface area contributed by atoms with Crippen molar-refractivity contribution >= 4 is 23.1 Å². The van der Waals surface area contributed by atoms with Crippen LogP contribution in [0.3, 0.4) is 0 Å². The summed E-state index contributed by atoms with van der Waals surface area (Å²) < 4.78 is 1.51. The summed E-state index contributed by atoms with van der Waals surface area (Å²) in [5.41, 5.74) is 6.30. The van der Waals surface area contributed by atoms with Crippen LogP contribution < -0.4 is 11.1 Å². The molecule has 0 aromatic carbocycles. The summed E-state index contributed by atoms with van der Waals surface area (Å²) in [5.74, 6) is 0.234. The van der Waals surface area contributed by atoms with E-state index in [9.17, 15) is 4.79 Å². The first-order chi connectivity index (χ1) is 10.7. The molecule has 2 aromatic heterocycles. The molecule has 1 amide bonds. The van der Waals surface area contributed by atoms with E-state index in [-0.39, 0.29) is 11.9 Å². The first kappa shape index (κ1) is 15.1. The van der Waals surface area contributed by atoms with Gasteiger partial charge in [0, 0.05) is 18.5 Å². The number of carbonyl (C=O) groups excluding carboxylic acids is 1.